The Morgan fingerprint density at radius 2 is 1.59 bits per heavy atom. The molecular formula is C18H28ClOPPd. The molecule has 2 aliphatic carbocycles. The molecular weight excluding hydrogens is 405 g/mol. The number of rotatable bonds is 6. The van der Waals surface area contributed by atoms with Gasteiger partial charge in [-0.05, 0) is 0 Å². The molecule has 0 N–H and O–H groups in total. The summed E-state index contributed by atoms with van der Waals surface area (Å²) in [6, 6.07) is 8.93. The molecule has 0 bridgehead atoms. The normalized spacial score (nSPS) is 21.5. The van der Waals surface area contributed by atoms with Crippen LogP contribution in [0.2, 0.25) is 0 Å². The van der Waals surface area contributed by atoms with Crippen molar-refractivity contribution < 1.29 is 22.2 Å². The van der Waals surface area contributed by atoms with Gasteiger partial charge in [0, 0.05) is 0 Å². The summed E-state index contributed by atoms with van der Waals surface area (Å²) in [6.07, 6.45) is 11.5. The summed E-state index contributed by atoms with van der Waals surface area (Å²) in [4.78, 5) is 0. The van der Waals surface area contributed by atoms with Gasteiger partial charge in [0.05, 0.1) is 0 Å². The molecule has 0 spiro atoms. The molecule has 0 aromatic heterocycles. The van der Waals surface area contributed by atoms with E-state index in [1.165, 1.54) is 51.4 Å². The van der Waals surface area contributed by atoms with Crippen LogP contribution in [-0.2, 0) is 17.5 Å². The summed E-state index contributed by atoms with van der Waals surface area (Å²) in [5, 5.41) is 1.60. The van der Waals surface area contributed by atoms with E-state index in [0.29, 0.717) is 17.5 Å². The Hall–Kier alpha value is 0.402. The van der Waals surface area contributed by atoms with Gasteiger partial charge in [0.15, 0.2) is 0 Å². The van der Waals surface area contributed by atoms with Gasteiger partial charge in [0.2, 0.25) is 0 Å². The van der Waals surface area contributed by atoms with Crippen LogP contribution >= 0.6 is 17.1 Å². The third-order valence-electron chi connectivity index (χ3n) is 5.58. The quantitative estimate of drug-likeness (QED) is 0.343. The molecule has 22 heavy (non-hydrogen) atoms. The van der Waals surface area contributed by atoms with Gasteiger partial charge < -0.3 is 0 Å². The second-order valence-electron chi connectivity index (χ2n) is 6.58. The first-order valence-electron chi connectivity index (χ1n) is 8.55. The molecule has 128 valence electrons. The summed E-state index contributed by atoms with van der Waals surface area (Å²) in [5.74, 6) is 1.15. The van der Waals surface area contributed by atoms with Gasteiger partial charge in [-0.25, -0.2) is 0 Å². The molecule has 0 amide bonds. The van der Waals surface area contributed by atoms with E-state index in [1.807, 2.05) is 7.11 Å². The molecule has 1 aromatic rings. The van der Waals surface area contributed by atoms with Gasteiger partial charge in [0.1, 0.15) is 0 Å². The Bertz CT molecular complexity index is 468. The zero-order valence-electron chi connectivity index (χ0n) is 13.4. The maximum absolute atomic E-state index is 6.40. The number of halogens is 1. The van der Waals surface area contributed by atoms with Gasteiger partial charge in [-0.15, -0.1) is 0 Å². The van der Waals surface area contributed by atoms with Crippen molar-refractivity contribution in [3.05, 3.63) is 24.3 Å². The number of ether oxygens (including phenoxy) is 1. The zero-order valence-corrected chi connectivity index (χ0v) is 16.7. The Morgan fingerprint density at radius 3 is 2.09 bits per heavy atom. The Morgan fingerprint density at radius 1 is 1.05 bits per heavy atom. The Kier molecular flexibility index (Phi) is 6.25. The standard InChI is InChI=1S/C17H25OP.CH2Cl.Pd/c1-18-16-12-6-7-13-17(16)19(14-8-2-3-9-14)15-10-4-5-11-15;1-2;/h6-7,12-15H,2-5,8-11H2,1H3;1H2;/q;;-1/p+1. The van der Waals surface area contributed by atoms with Crippen LogP contribution in [0.15, 0.2) is 24.3 Å². The summed E-state index contributed by atoms with van der Waals surface area (Å²) in [6.45, 7) is 0. The molecule has 4 heteroatoms. The second-order valence-corrected chi connectivity index (χ2v) is 17.3. The van der Waals surface area contributed by atoms with Crippen LogP contribution in [0.1, 0.15) is 51.4 Å². The minimum atomic E-state index is -1.58. The van der Waals surface area contributed by atoms with Crippen molar-refractivity contribution in [1.29, 1.82) is 0 Å². The summed E-state index contributed by atoms with van der Waals surface area (Å²) in [7, 11) is 1.84. The number of hydrogen-bond acceptors (Lipinski definition) is 1. The van der Waals surface area contributed by atoms with E-state index in [9.17, 15) is 0 Å². The van der Waals surface area contributed by atoms with E-state index in [1.54, 1.807) is 5.30 Å². The van der Waals surface area contributed by atoms with Crippen molar-refractivity contribution >= 4 is 22.4 Å². The molecule has 2 fully saturated rings. The minimum absolute atomic E-state index is 0.709. The number of para-hydroxylation sites is 1. The monoisotopic (exact) mass is 432 g/mol. The van der Waals surface area contributed by atoms with E-state index >= 15 is 0 Å². The van der Waals surface area contributed by atoms with Crippen molar-refractivity contribution in [3.63, 3.8) is 0 Å². The van der Waals surface area contributed by atoms with Crippen molar-refractivity contribution in [1.82, 2.24) is 0 Å². The Labute approximate surface area is 148 Å². The first kappa shape index (κ1) is 17.2. The third kappa shape index (κ3) is 3.15. The van der Waals surface area contributed by atoms with Crippen molar-refractivity contribution in [3.8, 4) is 5.75 Å². The topological polar surface area (TPSA) is 9.23 Å². The SMILES string of the molecule is COc1ccccc1[PH]([Pd][CH2]Cl)(C1CCCC1)C1CCCC1. The zero-order chi connectivity index (χ0) is 15.4. The van der Waals surface area contributed by atoms with Crippen LogP contribution in [0.5, 0.6) is 5.75 Å². The molecule has 2 aliphatic rings. The van der Waals surface area contributed by atoms with Crippen LogP contribution in [0.25, 0.3) is 0 Å². The van der Waals surface area contributed by atoms with Crippen LogP contribution in [0.3, 0.4) is 0 Å². The molecule has 0 aliphatic heterocycles. The van der Waals surface area contributed by atoms with E-state index in [4.69, 9.17) is 16.3 Å². The number of methoxy groups -OCH3 is 1. The van der Waals surface area contributed by atoms with Gasteiger partial charge >= 0.3 is 149 Å². The summed E-state index contributed by atoms with van der Waals surface area (Å²) < 4.78 is 6.68. The molecule has 3 rings (SSSR count). The fourth-order valence-corrected chi connectivity index (χ4v) is 20.9. The predicted molar refractivity (Wildman–Crippen MR) is 96.2 cm³/mol. The third-order valence-corrected chi connectivity index (χ3v) is 20.6. The van der Waals surface area contributed by atoms with Crippen molar-refractivity contribution in [2.24, 2.45) is 0 Å². The van der Waals surface area contributed by atoms with Crippen LogP contribution in [0.4, 0.5) is 0 Å². The fourth-order valence-electron chi connectivity index (χ4n) is 4.69. The average Bonchev–Trinajstić information content (AvgIpc) is 3.26. The molecule has 0 unspecified atom stereocenters. The molecule has 1 nitrogen and oxygen atoms in total. The maximum atomic E-state index is 6.40. The van der Waals surface area contributed by atoms with Gasteiger partial charge in [-0.2, -0.15) is 0 Å². The Balaban J connectivity index is 2.10. The number of hydrogen-bond donors (Lipinski definition) is 0. The van der Waals surface area contributed by atoms with Crippen LogP contribution in [-0.4, -0.2) is 22.8 Å². The van der Waals surface area contributed by atoms with Gasteiger partial charge in [0.25, 0.3) is 0 Å². The van der Waals surface area contributed by atoms with Gasteiger partial charge in [-0.3, -0.25) is 0 Å². The fraction of sp³-hybridized carbons (Fsp3) is 0.667. The van der Waals surface area contributed by atoms with Crippen LogP contribution in [0, 0.1) is 0 Å². The predicted octanol–water partition coefficient (Wildman–Crippen LogP) is 5.15. The summed E-state index contributed by atoms with van der Waals surface area (Å²) >= 11 is 7.11. The molecule has 0 radical (unpaired) electrons. The molecule has 1 aromatic carbocycles. The van der Waals surface area contributed by atoms with E-state index < -0.39 is 5.45 Å². The van der Waals surface area contributed by atoms with Crippen LogP contribution < -0.4 is 10.0 Å². The number of alkyl halides is 1. The second kappa shape index (κ2) is 7.98. The van der Waals surface area contributed by atoms with Crippen molar-refractivity contribution in [2.75, 3.05) is 11.5 Å². The number of benzene rings is 1. The molecule has 0 saturated heterocycles. The van der Waals surface area contributed by atoms with Crippen molar-refractivity contribution in [2.45, 2.75) is 62.7 Å². The molecule has 0 heterocycles. The van der Waals surface area contributed by atoms with E-state index in [2.05, 4.69) is 24.3 Å². The first-order valence-corrected chi connectivity index (χ1v) is 14.5. The molecule has 0 atom stereocenters. The first-order chi connectivity index (χ1) is 10.8. The summed E-state index contributed by atoms with van der Waals surface area (Å²) in [5.41, 5.74) is 0.310. The average molecular weight is 433 g/mol. The molecule has 2 saturated carbocycles. The van der Waals surface area contributed by atoms with Gasteiger partial charge in [-0.1, -0.05) is 0 Å². The van der Waals surface area contributed by atoms with E-state index in [0.717, 1.165) is 21.4 Å². The van der Waals surface area contributed by atoms with E-state index in [-0.39, 0.29) is 0 Å².